The van der Waals surface area contributed by atoms with Crippen LogP contribution >= 0.6 is 0 Å². The van der Waals surface area contributed by atoms with Gasteiger partial charge in [0.25, 0.3) is 0 Å². The summed E-state index contributed by atoms with van der Waals surface area (Å²) in [5, 5.41) is 0. The number of benzene rings is 1. The third-order valence-electron chi connectivity index (χ3n) is 3.18. The largest absolute Gasteiger partial charge is 0.370 e. The smallest absolute Gasteiger partial charge is 0.191 e. The Kier molecular flexibility index (Phi) is 3.64. The maximum Gasteiger partial charge on any atom is 0.191 e. The second kappa shape index (κ2) is 5.19. The molecule has 1 saturated heterocycles. The van der Waals surface area contributed by atoms with Crippen LogP contribution in [0.1, 0.15) is 5.56 Å². The molecular formula is C13H20N4. The van der Waals surface area contributed by atoms with Crippen molar-refractivity contribution in [1.82, 2.24) is 9.80 Å². The van der Waals surface area contributed by atoms with E-state index in [1.54, 1.807) is 0 Å². The predicted molar refractivity (Wildman–Crippen MR) is 70.8 cm³/mol. The van der Waals surface area contributed by atoms with Crippen LogP contribution in [0, 0.1) is 0 Å². The lowest BCUT2D eigenvalue weighted by Crippen LogP contribution is -2.61. The lowest BCUT2D eigenvalue weighted by atomic mass is 10.1. The molecule has 0 saturated carbocycles. The minimum Gasteiger partial charge on any atom is -0.370 e. The van der Waals surface area contributed by atoms with Crippen molar-refractivity contribution in [2.75, 3.05) is 27.2 Å². The standard InChI is InChI=1S/C13H20N4/c1-16(2)12-9-17(10-12)13(14)15-8-11-6-4-3-5-7-11/h3-7,12H,8-10H2,1-2H3,(H2,14,15). The van der Waals surface area contributed by atoms with Crippen LogP contribution in [0.3, 0.4) is 0 Å². The van der Waals surface area contributed by atoms with Gasteiger partial charge in [-0.1, -0.05) is 30.3 Å². The van der Waals surface area contributed by atoms with Gasteiger partial charge >= 0.3 is 0 Å². The van der Waals surface area contributed by atoms with E-state index in [2.05, 4.69) is 41.0 Å². The molecule has 1 aliphatic heterocycles. The molecule has 1 aromatic rings. The maximum absolute atomic E-state index is 5.95. The molecule has 1 aliphatic rings. The molecular weight excluding hydrogens is 212 g/mol. The molecule has 0 spiro atoms. The van der Waals surface area contributed by atoms with Gasteiger partial charge in [-0.05, 0) is 19.7 Å². The second-order valence-electron chi connectivity index (χ2n) is 4.68. The number of rotatable bonds is 3. The van der Waals surface area contributed by atoms with Crippen molar-refractivity contribution in [2.24, 2.45) is 10.7 Å². The zero-order valence-corrected chi connectivity index (χ0v) is 10.5. The second-order valence-corrected chi connectivity index (χ2v) is 4.68. The topological polar surface area (TPSA) is 44.9 Å². The predicted octanol–water partition coefficient (Wildman–Crippen LogP) is 0.747. The summed E-state index contributed by atoms with van der Waals surface area (Å²) >= 11 is 0. The van der Waals surface area contributed by atoms with Gasteiger partial charge in [-0.3, -0.25) is 0 Å². The summed E-state index contributed by atoms with van der Waals surface area (Å²) in [4.78, 5) is 8.75. The van der Waals surface area contributed by atoms with E-state index in [-0.39, 0.29) is 0 Å². The van der Waals surface area contributed by atoms with E-state index in [0.29, 0.717) is 18.5 Å². The molecule has 1 fully saturated rings. The van der Waals surface area contributed by atoms with Gasteiger partial charge in [0.1, 0.15) is 0 Å². The van der Waals surface area contributed by atoms with Gasteiger partial charge in [0.15, 0.2) is 5.96 Å². The first-order valence-corrected chi connectivity index (χ1v) is 5.92. The Morgan fingerprint density at radius 3 is 2.59 bits per heavy atom. The van der Waals surface area contributed by atoms with Gasteiger partial charge in [-0.15, -0.1) is 0 Å². The average molecular weight is 232 g/mol. The van der Waals surface area contributed by atoms with Crippen LogP contribution < -0.4 is 5.73 Å². The monoisotopic (exact) mass is 232 g/mol. The van der Waals surface area contributed by atoms with E-state index < -0.39 is 0 Å². The minimum absolute atomic E-state index is 0.612. The zero-order chi connectivity index (χ0) is 12.3. The number of likely N-dealkylation sites (N-methyl/N-ethyl adjacent to an activating group) is 1. The molecule has 4 heteroatoms. The highest BCUT2D eigenvalue weighted by Gasteiger charge is 2.29. The molecule has 92 valence electrons. The molecule has 17 heavy (non-hydrogen) atoms. The van der Waals surface area contributed by atoms with Gasteiger partial charge in [0, 0.05) is 19.1 Å². The third-order valence-corrected chi connectivity index (χ3v) is 3.18. The van der Waals surface area contributed by atoms with Gasteiger partial charge < -0.3 is 15.5 Å². The van der Waals surface area contributed by atoms with Crippen molar-refractivity contribution in [3.63, 3.8) is 0 Å². The molecule has 0 bridgehead atoms. The molecule has 0 amide bonds. The number of nitrogens with zero attached hydrogens (tertiary/aromatic N) is 3. The third kappa shape index (κ3) is 2.97. The van der Waals surface area contributed by atoms with Crippen LogP contribution in [0.5, 0.6) is 0 Å². The number of guanidine groups is 1. The number of aliphatic imine (C=N–C) groups is 1. The van der Waals surface area contributed by atoms with Crippen molar-refractivity contribution in [1.29, 1.82) is 0 Å². The first-order chi connectivity index (χ1) is 8.16. The quantitative estimate of drug-likeness (QED) is 0.618. The van der Waals surface area contributed by atoms with E-state index in [1.807, 2.05) is 18.2 Å². The number of nitrogens with two attached hydrogens (primary N) is 1. The van der Waals surface area contributed by atoms with Crippen molar-refractivity contribution in [3.05, 3.63) is 35.9 Å². The molecule has 1 aromatic carbocycles. The summed E-state index contributed by atoms with van der Waals surface area (Å²) < 4.78 is 0. The van der Waals surface area contributed by atoms with Crippen molar-refractivity contribution in [3.8, 4) is 0 Å². The molecule has 2 N–H and O–H groups in total. The number of hydrogen-bond donors (Lipinski definition) is 1. The fraction of sp³-hybridized carbons (Fsp3) is 0.462. The van der Waals surface area contributed by atoms with Crippen LogP contribution in [0.4, 0.5) is 0 Å². The summed E-state index contributed by atoms with van der Waals surface area (Å²) in [6.07, 6.45) is 0. The van der Waals surface area contributed by atoms with E-state index >= 15 is 0 Å². The highest BCUT2D eigenvalue weighted by atomic mass is 15.4. The van der Waals surface area contributed by atoms with Crippen LogP contribution in [0.25, 0.3) is 0 Å². The normalized spacial score (nSPS) is 17.4. The molecule has 1 heterocycles. The minimum atomic E-state index is 0.612. The molecule has 2 rings (SSSR count). The van der Waals surface area contributed by atoms with Gasteiger partial charge in [0.05, 0.1) is 6.54 Å². The molecule has 0 unspecified atom stereocenters. The Labute approximate surface area is 103 Å². The van der Waals surface area contributed by atoms with Crippen LogP contribution in [-0.2, 0) is 6.54 Å². The zero-order valence-electron chi connectivity index (χ0n) is 10.5. The number of hydrogen-bond acceptors (Lipinski definition) is 2. The Morgan fingerprint density at radius 2 is 2.00 bits per heavy atom. The van der Waals surface area contributed by atoms with Crippen LogP contribution in [0.15, 0.2) is 35.3 Å². The lowest BCUT2D eigenvalue weighted by molar-refractivity contribution is 0.122. The van der Waals surface area contributed by atoms with Crippen LogP contribution in [-0.4, -0.2) is 49.0 Å². The highest BCUT2D eigenvalue weighted by molar-refractivity contribution is 5.79. The summed E-state index contributed by atoms with van der Waals surface area (Å²) in [5.74, 6) is 0.659. The van der Waals surface area contributed by atoms with Crippen LogP contribution in [0.2, 0.25) is 0 Å². The van der Waals surface area contributed by atoms with Crippen molar-refractivity contribution >= 4 is 5.96 Å². The Balaban J connectivity index is 1.83. The molecule has 0 aliphatic carbocycles. The summed E-state index contributed by atoms with van der Waals surface area (Å²) in [6, 6.07) is 10.8. The Bertz CT molecular complexity index is 380. The Hall–Kier alpha value is -1.55. The van der Waals surface area contributed by atoms with E-state index in [4.69, 9.17) is 5.73 Å². The summed E-state index contributed by atoms with van der Waals surface area (Å²) in [5.41, 5.74) is 7.14. The van der Waals surface area contributed by atoms with Gasteiger partial charge in [0.2, 0.25) is 0 Å². The van der Waals surface area contributed by atoms with Gasteiger partial charge in [-0.25, -0.2) is 4.99 Å². The maximum atomic E-state index is 5.95. The first-order valence-electron chi connectivity index (χ1n) is 5.92. The highest BCUT2D eigenvalue weighted by Crippen LogP contribution is 2.11. The van der Waals surface area contributed by atoms with Crippen molar-refractivity contribution in [2.45, 2.75) is 12.6 Å². The first kappa shape index (κ1) is 11.9. The van der Waals surface area contributed by atoms with Crippen molar-refractivity contribution < 1.29 is 0 Å². The molecule has 0 aromatic heterocycles. The van der Waals surface area contributed by atoms with E-state index in [0.717, 1.165) is 13.1 Å². The Morgan fingerprint density at radius 1 is 1.35 bits per heavy atom. The fourth-order valence-electron chi connectivity index (χ4n) is 1.82. The lowest BCUT2D eigenvalue weighted by Gasteiger charge is -2.43. The summed E-state index contributed by atoms with van der Waals surface area (Å²) in [7, 11) is 4.19. The van der Waals surface area contributed by atoms with E-state index in [9.17, 15) is 0 Å². The molecule has 4 nitrogen and oxygen atoms in total. The number of likely N-dealkylation sites (tertiary alicyclic amines) is 1. The SMILES string of the molecule is CN(C)C1CN(C(N)=NCc2ccccc2)C1. The van der Waals surface area contributed by atoms with E-state index in [1.165, 1.54) is 5.56 Å². The fourth-order valence-corrected chi connectivity index (χ4v) is 1.82. The van der Waals surface area contributed by atoms with Gasteiger partial charge in [-0.2, -0.15) is 0 Å². The molecule has 0 atom stereocenters. The summed E-state index contributed by atoms with van der Waals surface area (Å²) in [6.45, 7) is 2.63. The average Bonchev–Trinajstić information content (AvgIpc) is 2.25. The molecule has 0 radical (unpaired) electrons.